The number of hydrogen-bond acceptors (Lipinski definition) is 5. The second kappa shape index (κ2) is 7.74. The lowest BCUT2D eigenvalue weighted by Crippen LogP contribution is -2.31. The minimum atomic E-state index is -3.51. The lowest BCUT2D eigenvalue weighted by molar-refractivity contribution is -0.180. The van der Waals surface area contributed by atoms with Crippen LogP contribution in [0.25, 0.3) is 0 Å². The van der Waals surface area contributed by atoms with Gasteiger partial charge in [0.05, 0.1) is 24.7 Å². The summed E-state index contributed by atoms with van der Waals surface area (Å²) in [6.45, 7) is 4.03. The maximum atomic E-state index is 12.1. The van der Waals surface area contributed by atoms with Gasteiger partial charge in [0.2, 0.25) is 10.0 Å². The van der Waals surface area contributed by atoms with E-state index in [-0.39, 0.29) is 17.7 Å². The third-order valence-corrected chi connectivity index (χ3v) is 4.49. The van der Waals surface area contributed by atoms with Crippen LogP contribution in [0.15, 0.2) is 29.2 Å². The highest BCUT2D eigenvalue weighted by molar-refractivity contribution is 7.89. The Labute approximate surface area is 125 Å². The van der Waals surface area contributed by atoms with Gasteiger partial charge in [0, 0.05) is 13.0 Å². The molecule has 1 heterocycles. The first-order chi connectivity index (χ1) is 10.1. The van der Waals surface area contributed by atoms with Crippen molar-refractivity contribution in [1.82, 2.24) is 4.72 Å². The summed E-state index contributed by atoms with van der Waals surface area (Å²) in [4.78, 5) is 0.219. The zero-order valence-electron chi connectivity index (χ0n) is 12.1. The van der Waals surface area contributed by atoms with Crippen LogP contribution in [0, 0.1) is 0 Å². The molecular weight excluding hydrogens is 294 g/mol. The normalized spacial score (nSPS) is 16.8. The number of nitrogens with one attached hydrogen (secondary N) is 1. The molecule has 7 heteroatoms. The number of rotatable bonds is 7. The standard InChI is InChI=1S/C14H21NO5S/c1-2-18-12-4-6-13(7-5-12)21(16,17)15-9-8-14-19-10-3-11-20-14/h4-7,14-15H,2-3,8-11H2,1H3. The van der Waals surface area contributed by atoms with Gasteiger partial charge in [-0.25, -0.2) is 13.1 Å². The molecule has 0 saturated carbocycles. The molecule has 0 spiro atoms. The molecule has 1 aliphatic heterocycles. The van der Waals surface area contributed by atoms with Gasteiger partial charge in [-0.3, -0.25) is 0 Å². The summed E-state index contributed by atoms with van der Waals surface area (Å²) in [5, 5.41) is 0. The Morgan fingerprint density at radius 3 is 2.52 bits per heavy atom. The van der Waals surface area contributed by atoms with Crippen molar-refractivity contribution < 1.29 is 22.6 Å². The SMILES string of the molecule is CCOc1ccc(S(=O)(=O)NCCC2OCCCO2)cc1. The summed E-state index contributed by atoms with van der Waals surface area (Å²) >= 11 is 0. The van der Waals surface area contributed by atoms with Gasteiger partial charge in [0.15, 0.2) is 6.29 Å². The molecule has 0 bridgehead atoms. The molecule has 1 N–H and O–H groups in total. The molecule has 2 rings (SSSR count). The highest BCUT2D eigenvalue weighted by Gasteiger charge is 2.17. The molecule has 1 fully saturated rings. The van der Waals surface area contributed by atoms with E-state index in [1.165, 1.54) is 12.1 Å². The van der Waals surface area contributed by atoms with Crippen LogP contribution in [0.5, 0.6) is 5.75 Å². The summed E-state index contributed by atoms with van der Waals surface area (Å²) in [7, 11) is -3.51. The molecule has 0 aromatic heterocycles. The van der Waals surface area contributed by atoms with Crippen molar-refractivity contribution in [3.63, 3.8) is 0 Å². The van der Waals surface area contributed by atoms with Gasteiger partial charge in [0.1, 0.15) is 5.75 Å². The van der Waals surface area contributed by atoms with Crippen molar-refractivity contribution in [2.24, 2.45) is 0 Å². The highest BCUT2D eigenvalue weighted by atomic mass is 32.2. The second-order valence-corrected chi connectivity index (χ2v) is 6.38. The van der Waals surface area contributed by atoms with Crippen LogP contribution >= 0.6 is 0 Å². The fourth-order valence-corrected chi connectivity index (χ4v) is 3.03. The van der Waals surface area contributed by atoms with Crippen molar-refractivity contribution in [1.29, 1.82) is 0 Å². The summed E-state index contributed by atoms with van der Waals surface area (Å²) in [6, 6.07) is 6.35. The van der Waals surface area contributed by atoms with Crippen molar-refractivity contribution in [2.75, 3.05) is 26.4 Å². The molecule has 118 valence electrons. The van der Waals surface area contributed by atoms with E-state index < -0.39 is 10.0 Å². The van der Waals surface area contributed by atoms with Crippen molar-refractivity contribution in [2.45, 2.75) is 31.0 Å². The lowest BCUT2D eigenvalue weighted by atomic mass is 10.3. The first-order valence-corrected chi connectivity index (χ1v) is 8.56. The summed E-state index contributed by atoms with van der Waals surface area (Å²) < 4.78 is 42.8. The maximum Gasteiger partial charge on any atom is 0.240 e. The molecule has 0 atom stereocenters. The van der Waals surface area contributed by atoms with Gasteiger partial charge >= 0.3 is 0 Å². The van der Waals surface area contributed by atoms with E-state index in [2.05, 4.69) is 4.72 Å². The fourth-order valence-electron chi connectivity index (χ4n) is 1.98. The molecule has 1 saturated heterocycles. The Morgan fingerprint density at radius 2 is 1.90 bits per heavy atom. The Kier molecular flexibility index (Phi) is 5.98. The number of benzene rings is 1. The van der Waals surface area contributed by atoms with Gasteiger partial charge in [-0.05, 0) is 37.6 Å². The molecule has 1 aliphatic rings. The third-order valence-electron chi connectivity index (χ3n) is 3.01. The maximum absolute atomic E-state index is 12.1. The van der Waals surface area contributed by atoms with E-state index >= 15 is 0 Å². The predicted octanol–water partition coefficient (Wildman–Crippen LogP) is 1.52. The van der Waals surface area contributed by atoms with E-state index in [0.29, 0.717) is 32.0 Å². The fraction of sp³-hybridized carbons (Fsp3) is 0.571. The van der Waals surface area contributed by atoms with Gasteiger partial charge in [-0.1, -0.05) is 0 Å². The minimum absolute atomic E-state index is 0.219. The van der Waals surface area contributed by atoms with E-state index in [4.69, 9.17) is 14.2 Å². The number of hydrogen-bond donors (Lipinski definition) is 1. The monoisotopic (exact) mass is 315 g/mol. The van der Waals surface area contributed by atoms with Crippen LogP contribution in [-0.4, -0.2) is 41.1 Å². The summed E-state index contributed by atoms with van der Waals surface area (Å²) in [5.41, 5.74) is 0. The quantitative estimate of drug-likeness (QED) is 0.826. The number of ether oxygens (including phenoxy) is 3. The molecular formula is C14H21NO5S. The average Bonchev–Trinajstić information content (AvgIpc) is 2.49. The van der Waals surface area contributed by atoms with Gasteiger partial charge < -0.3 is 14.2 Å². The van der Waals surface area contributed by atoms with Crippen LogP contribution in [0.1, 0.15) is 19.8 Å². The summed E-state index contributed by atoms with van der Waals surface area (Å²) in [5.74, 6) is 0.653. The largest absolute Gasteiger partial charge is 0.494 e. The molecule has 0 amide bonds. The van der Waals surface area contributed by atoms with E-state index in [9.17, 15) is 8.42 Å². The Bertz CT molecular complexity index is 523. The van der Waals surface area contributed by atoms with E-state index in [0.717, 1.165) is 6.42 Å². The Hall–Kier alpha value is -1.15. The van der Waals surface area contributed by atoms with Crippen LogP contribution < -0.4 is 9.46 Å². The first kappa shape index (κ1) is 16.2. The Morgan fingerprint density at radius 1 is 1.24 bits per heavy atom. The molecule has 1 aromatic rings. The molecule has 6 nitrogen and oxygen atoms in total. The second-order valence-electron chi connectivity index (χ2n) is 4.62. The van der Waals surface area contributed by atoms with Crippen LogP contribution in [0.3, 0.4) is 0 Å². The van der Waals surface area contributed by atoms with E-state index in [1.807, 2.05) is 6.92 Å². The van der Waals surface area contributed by atoms with E-state index in [1.54, 1.807) is 12.1 Å². The molecule has 21 heavy (non-hydrogen) atoms. The topological polar surface area (TPSA) is 73.9 Å². The molecule has 0 unspecified atom stereocenters. The molecule has 0 radical (unpaired) electrons. The van der Waals surface area contributed by atoms with Crippen LogP contribution in [-0.2, 0) is 19.5 Å². The van der Waals surface area contributed by atoms with Gasteiger partial charge in [-0.15, -0.1) is 0 Å². The van der Waals surface area contributed by atoms with Crippen LogP contribution in [0.4, 0.5) is 0 Å². The summed E-state index contributed by atoms with van der Waals surface area (Å²) in [6.07, 6.45) is 1.06. The average molecular weight is 315 g/mol. The number of sulfonamides is 1. The Balaban J connectivity index is 1.85. The first-order valence-electron chi connectivity index (χ1n) is 7.07. The lowest BCUT2D eigenvalue weighted by Gasteiger charge is -2.23. The third kappa shape index (κ3) is 4.96. The van der Waals surface area contributed by atoms with Crippen molar-refractivity contribution in [3.8, 4) is 5.75 Å². The molecule has 0 aliphatic carbocycles. The van der Waals surface area contributed by atoms with Gasteiger partial charge in [-0.2, -0.15) is 0 Å². The van der Waals surface area contributed by atoms with Gasteiger partial charge in [0.25, 0.3) is 0 Å². The highest BCUT2D eigenvalue weighted by Crippen LogP contribution is 2.16. The zero-order chi connectivity index (χ0) is 15.1. The smallest absolute Gasteiger partial charge is 0.240 e. The zero-order valence-corrected chi connectivity index (χ0v) is 12.9. The molecule has 1 aromatic carbocycles. The van der Waals surface area contributed by atoms with Crippen molar-refractivity contribution in [3.05, 3.63) is 24.3 Å². The minimum Gasteiger partial charge on any atom is -0.494 e. The van der Waals surface area contributed by atoms with Crippen molar-refractivity contribution >= 4 is 10.0 Å². The predicted molar refractivity (Wildman–Crippen MR) is 77.7 cm³/mol. The van der Waals surface area contributed by atoms with Crippen LogP contribution in [0.2, 0.25) is 0 Å².